The second kappa shape index (κ2) is 9.56. The van der Waals surface area contributed by atoms with Crippen molar-refractivity contribution in [1.82, 2.24) is 5.32 Å². The highest BCUT2D eigenvalue weighted by Gasteiger charge is 2.26. The van der Waals surface area contributed by atoms with Crippen molar-refractivity contribution in [2.75, 3.05) is 23.9 Å². The summed E-state index contributed by atoms with van der Waals surface area (Å²) in [6.07, 6.45) is 0.808. The number of benzene rings is 3. The van der Waals surface area contributed by atoms with Crippen LogP contribution in [0.1, 0.15) is 37.4 Å². The van der Waals surface area contributed by atoms with E-state index in [1.807, 2.05) is 49.4 Å². The average Bonchev–Trinajstić information content (AvgIpc) is 3.25. The Morgan fingerprint density at radius 2 is 1.76 bits per heavy atom. The van der Waals surface area contributed by atoms with Gasteiger partial charge in [-0.05, 0) is 66.9 Å². The van der Waals surface area contributed by atoms with E-state index in [-0.39, 0.29) is 11.9 Å². The van der Waals surface area contributed by atoms with Crippen LogP contribution in [0.5, 0.6) is 0 Å². The number of carbonyl (C=O) groups excluding carboxylic acids is 3. The van der Waals surface area contributed by atoms with Gasteiger partial charge in [0.25, 0.3) is 5.91 Å². The molecule has 7 nitrogen and oxygen atoms in total. The van der Waals surface area contributed by atoms with E-state index in [0.717, 1.165) is 28.8 Å². The first-order valence-electron chi connectivity index (χ1n) is 10.7. The fraction of sp³-hybridized carbons (Fsp3) is 0.192. The number of ether oxygens (including phenoxy) is 1. The zero-order chi connectivity index (χ0) is 23.4. The quantitative estimate of drug-likeness (QED) is 0.576. The summed E-state index contributed by atoms with van der Waals surface area (Å²) in [7, 11) is 1.32. The number of rotatable bonds is 5. The number of esters is 1. The van der Waals surface area contributed by atoms with Gasteiger partial charge in [-0.2, -0.15) is 0 Å². The van der Waals surface area contributed by atoms with E-state index in [0.29, 0.717) is 29.9 Å². The summed E-state index contributed by atoms with van der Waals surface area (Å²) < 4.78 is 4.67. The van der Waals surface area contributed by atoms with E-state index in [9.17, 15) is 14.4 Å². The molecular formula is C26H25N3O4. The summed E-state index contributed by atoms with van der Waals surface area (Å²) in [6, 6.07) is 19.6. The van der Waals surface area contributed by atoms with Crippen molar-refractivity contribution in [3.05, 3.63) is 94.5 Å². The largest absolute Gasteiger partial charge is 0.465 e. The Labute approximate surface area is 192 Å². The number of anilines is 2. The van der Waals surface area contributed by atoms with Crippen LogP contribution in [0.4, 0.5) is 16.2 Å². The Morgan fingerprint density at radius 3 is 2.48 bits per heavy atom. The van der Waals surface area contributed by atoms with Gasteiger partial charge in [0.1, 0.15) is 0 Å². The fourth-order valence-corrected chi connectivity index (χ4v) is 3.84. The third-order valence-electron chi connectivity index (χ3n) is 5.57. The lowest BCUT2D eigenvalue weighted by Crippen LogP contribution is -2.29. The zero-order valence-electron chi connectivity index (χ0n) is 18.6. The highest BCUT2D eigenvalue weighted by atomic mass is 16.5. The van der Waals surface area contributed by atoms with Gasteiger partial charge in [0, 0.05) is 30.0 Å². The molecule has 1 aliphatic heterocycles. The smallest absolute Gasteiger partial charge is 0.337 e. The summed E-state index contributed by atoms with van der Waals surface area (Å²) in [5.74, 6) is -0.451. The van der Waals surface area contributed by atoms with Gasteiger partial charge >= 0.3 is 12.0 Å². The van der Waals surface area contributed by atoms with Crippen molar-refractivity contribution >= 4 is 29.3 Å². The number of hydrogen-bond donors (Lipinski definition) is 2. The van der Waals surface area contributed by atoms with Crippen LogP contribution in [0, 0.1) is 6.92 Å². The van der Waals surface area contributed by atoms with Crippen LogP contribution >= 0.6 is 0 Å². The molecule has 7 heteroatoms. The van der Waals surface area contributed by atoms with Crippen molar-refractivity contribution in [3.63, 3.8) is 0 Å². The number of hydrogen-bond acceptors (Lipinski definition) is 4. The standard InChI is InChI=1S/C26H25N3O4/c1-17-4-3-5-21(14-17)24(30)29-13-12-19-7-6-18(15-23(19)29)16-27-26(32)28-22-10-8-20(9-11-22)25(31)33-2/h3-11,14-15H,12-13,16H2,1-2H3,(H2,27,28,32). The van der Waals surface area contributed by atoms with Gasteiger partial charge in [0.15, 0.2) is 0 Å². The van der Waals surface area contributed by atoms with Crippen LogP contribution in [0.2, 0.25) is 0 Å². The molecule has 0 saturated carbocycles. The number of methoxy groups -OCH3 is 1. The molecule has 33 heavy (non-hydrogen) atoms. The molecule has 3 amide bonds. The maximum atomic E-state index is 13.0. The van der Waals surface area contributed by atoms with Crippen molar-refractivity contribution < 1.29 is 19.1 Å². The van der Waals surface area contributed by atoms with Crippen LogP contribution in [0.25, 0.3) is 0 Å². The normalized spacial score (nSPS) is 12.1. The molecule has 0 fully saturated rings. The molecule has 0 spiro atoms. The Morgan fingerprint density at radius 1 is 0.970 bits per heavy atom. The van der Waals surface area contributed by atoms with Gasteiger partial charge in [0.05, 0.1) is 12.7 Å². The van der Waals surface area contributed by atoms with Crippen molar-refractivity contribution in [2.24, 2.45) is 0 Å². The molecule has 1 heterocycles. The maximum absolute atomic E-state index is 13.0. The number of carbonyl (C=O) groups is 3. The zero-order valence-corrected chi connectivity index (χ0v) is 18.6. The predicted molar refractivity (Wildman–Crippen MR) is 127 cm³/mol. The van der Waals surface area contributed by atoms with Gasteiger partial charge in [-0.25, -0.2) is 9.59 Å². The number of fused-ring (bicyclic) bond motifs is 1. The van der Waals surface area contributed by atoms with E-state index in [1.54, 1.807) is 29.2 Å². The number of amides is 3. The van der Waals surface area contributed by atoms with E-state index in [4.69, 9.17) is 0 Å². The van der Waals surface area contributed by atoms with Gasteiger partial charge in [-0.1, -0.05) is 29.8 Å². The number of nitrogens with one attached hydrogen (secondary N) is 2. The summed E-state index contributed by atoms with van der Waals surface area (Å²) in [5.41, 5.74) is 5.59. The minimum absolute atomic E-state index is 0.0179. The lowest BCUT2D eigenvalue weighted by atomic mass is 10.1. The molecule has 0 unspecified atom stereocenters. The topological polar surface area (TPSA) is 87.7 Å². The summed E-state index contributed by atoms with van der Waals surface area (Å²) >= 11 is 0. The molecule has 168 valence electrons. The van der Waals surface area contributed by atoms with E-state index in [1.165, 1.54) is 7.11 Å². The summed E-state index contributed by atoms with van der Waals surface area (Å²) in [5, 5.41) is 5.56. The highest BCUT2D eigenvalue weighted by Crippen LogP contribution is 2.30. The van der Waals surface area contributed by atoms with Crippen LogP contribution < -0.4 is 15.5 Å². The highest BCUT2D eigenvalue weighted by molar-refractivity contribution is 6.07. The molecule has 3 aromatic carbocycles. The average molecular weight is 444 g/mol. The number of aryl methyl sites for hydroxylation is 1. The van der Waals surface area contributed by atoms with Crippen molar-refractivity contribution in [2.45, 2.75) is 19.9 Å². The van der Waals surface area contributed by atoms with Crippen molar-refractivity contribution in [3.8, 4) is 0 Å². The molecule has 0 bridgehead atoms. The fourth-order valence-electron chi connectivity index (χ4n) is 3.84. The monoisotopic (exact) mass is 443 g/mol. The SMILES string of the molecule is COC(=O)c1ccc(NC(=O)NCc2ccc3c(c2)N(C(=O)c2cccc(C)c2)CC3)cc1. The first-order chi connectivity index (χ1) is 15.9. The van der Waals surface area contributed by atoms with E-state index < -0.39 is 5.97 Å². The predicted octanol–water partition coefficient (Wildman–Crippen LogP) is 4.31. The third kappa shape index (κ3) is 5.03. The maximum Gasteiger partial charge on any atom is 0.337 e. The number of urea groups is 1. The molecule has 0 radical (unpaired) electrons. The van der Waals surface area contributed by atoms with Gasteiger partial charge in [-0.15, -0.1) is 0 Å². The van der Waals surface area contributed by atoms with E-state index in [2.05, 4.69) is 15.4 Å². The minimum Gasteiger partial charge on any atom is -0.465 e. The summed E-state index contributed by atoms with van der Waals surface area (Å²) in [4.78, 5) is 38.7. The van der Waals surface area contributed by atoms with Crippen LogP contribution in [0.3, 0.4) is 0 Å². The van der Waals surface area contributed by atoms with Crippen LogP contribution in [-0.2, 0) is 17.7 Å². The molecule has 0 saturated heterocycles. The third-order valence-corrected chi connectivity index (χ3v) is 5.57. The molecule has 0 atom stereocenters. The van der Waals surface area contributed by atoms with E-state index >= 15 is 0 Å². The lowest BCUT2D eigenvalue weighted by molar-refractivity contribution is 0.0600. The Bertz CT molecular complexity index is 1200. The lowest BCUT2D eigenvalue weighted by Gasteiger charge is -2.18. The minimum atomic E-state index is -0.433. The molecule has 0 aliphatic carbocycles. The van der Waals surface area contributed by atoms with Gasteiger partial charge in [0.2, 0.25) is 0 Å². The Hall–Kier alpha value is -4.13. The molecule has 1 aliphatic rings. The molecule has 3 aromatic rings. The summed E-state index contributed by atoms with van der Waals surface area (Å²) in [6.45, 7) is 2.92. The Balaban J connectivity index is 1.39. The molecule has 2 N–H and O–H groups in total. The molecular weight excluding hydrogens is 418 g/mol. The molecule has 4 rings (SSSR count). The number of nitrogens with zero attached hydrogens (tertiary/aromatic N) is 1. The van der Waals surface area contributed by atoms with Crippen LogP contribution in [0.15, 0.2) is 66.7 Å². The van der Waals surface area contributed by atoms with Crippen molar-refractivity contribution in [1.29, 1.82) is 0 Å². The first-order valence-corrected chi connectivity index (χ1v) is 10.7. The van der Waals surface area contributed by atoms with Gasteiger partial charge in [-0.3, -0.25) is 4.79 Å². The Kier molecular flexibility index (Phi) is 6.40. The first kappa shape index (κ1) is 22.1. The molecule has 0 aromatic heterocycles. The van der Waals surface area contributed by atoms with Crippen LogP contribution in [-0.4, -0.2) is 31.6 Å². The second-order valence-electron chi connectivity index (χ2n) is 7.92. The van der Waals surface area contributed by atoms with Gasteiger partial charge < -0.3 is 20.3 Å². The second-order valence-corrected chi connectivity index (χ2v) is 7.92.